The molecule has 0 radical (unpaired) electrons. The normalized spacial score (nSPS) is 14.9. The monoisotopic (exact) mass is 170 g/mol. The van der Waals surface area contributed by atoms with Crippen molar-refractivity contribution in [1.29, 1.82) is 0 Å². The number of esters is 1. The molecule has 2 nitrogen and oxygen atoms in total. The topological polar surface area (TPSA) is 26.3 Å². The van der Waals surface area contributed by atoms with Gasteiger partial charge in [0.15, 0.2) is 0 Å². The van der Waals surface area contributed by atoms with Gasteiger partial charge in [-0.2, -0.15) is 0 Å². The van der Waals surface area contributed by atoms with Gasteiger partial charge >= 0.3 is 5.97 Å². The van der Waals surface area contributed by atoms with Gasteiger partial charge < -0.3 is 4.74 Å². The summed E-state index contributed by atoms with van der Waals surface area (Å²) in [6, 6.07) is 0. The molecular weight excluding hydrogens is 152 g/mol. The molecule has 0 amide bonds. The minimum Gasteiger partial charge on any atom is -0.469 e. The Kier molecular flexibility index (Phi) is 5.43. The number of rotatable bonds is 5. The second-order valence-corrected chi connectivity index (χ2v) is 3.00. The summed E-state index contributed by atoms with van der Waals surface area (Å²) in [7, 11) is 1.42. The molecule has 0 rings (SSSR count). The quantitative estimate of drug-likeness (QED) is 0.468. The highest BCUT2D eigenvalue weighted by Crippen LogP contribution is 2.19. The molecule has 2 atom stereocenters. The van der Waals surface area contributed by atoms with Crippen LogP contribution in [-0.4, -0.2) is 13.1 Å². The second-order valence-electron chi connectivity index (χ2n) is 3.00. The first-order valence-electron chi connectivity index (χ1n) is 4.37. The summed E-state index contributed by atoms with van der Waals surface area (Å²) < 4.78 is 4.65. The van der Waals surface area contributed by atoms with E-state index in [0.29, 0.717) is 0 Å². The standard InChI is InChI=1S/C10H18O2/c1-5-7-9(6-2)8(3)10(11)12-4/h6,8-9H,2,5,7H2,1,3-4H3. The number of carbonyl (C=O) groups excluding carboxylic acids is 1. The Balaban J connectivity index is 4.09. The van der Waals surface area contributed by atoms with E-state index in [1.54, 1.807) is 0 Å². The maximum atomic E-state index is 11.1. The first kappa shape index (κ1) is 11.2. The molecule has 70 valence electrons. The van der Waals surface area contributed by atoms with Gasteiger partial charge in [-0.15, -0.1) is 6.58 Å². The first-order chi connectivity index (χ1) is 5.67. The van der Waals surface area contributed by atoms with E-state index in [1.165, 1.54) is 7.11 Å². The van der Waals surface area contributed by atoms with Crippen LogP contribution >= 0.6 is 0 Å². The van der Waals surface area contributed by atoms with Gasteiger partial charge in [-0.05, 0) is 12.3 Å². The number of hydrogen-bond acceptors (Lipinski definition) is 2. The minimum absolute atomic E-state index is 0.0625. The molecule has 0 fully saturated rings. The Morgan fingerprint density at radius 2 is 2.25 bits per heavy atom. The fourth-order valence-corrected chi connectivity index (χ4v) is 1.27. The smallest absolute Gasteiger partial charge is 0.308 e. The molecule has 0 bridgehead atoms. The number of hydrogen-bond donors (Lipinski definition) is 0. The molecule has 0 saturated heterocycles. The van der Waals surface area contributed by atoms with Crippen LogP contribution < -0.4 is 0 Å². The van der Waals surface area contributed by atoms with Crippen molar-refractivity contribution in [2.75, 3.05) is 7.11 Å². The fraction of sp³-hybridized carbons (Fsp3) is 0.700. The van der Waals surface area contributed by atoms with E-state index in [4.69, 9.17) is 0 Å². The van der Waals surface area contributed by atoms with Crippen molar-refractivity contribution in [3.8, 4) is 0 Å². The number of allylic oxidation sites excluding steroid dienone is 1. The van der Waals surface area contributed by atoms with E-state index in [9.17, 15) is 4.79 Å². The van der Waals surface area contributed by atoms with Crippen LogP contribution in [0.15, 0.2) is 12.7 Å². The van der Waals surface area contributed by atoms with Gasteiger partial charge in [-0.3, -0.25) is 4.79 Å². The highest BCUT2D eigenvalue weighted by Gasteiger charge is 2.20. The summed E-state index contributed by atoms with van der Waals surface area (Å²) in [4.78, 5) is 11.1. The third kappa shape index (κ3) is 3.07. The van der Waals surface area contributed by atoms with E-state index in [2.05, 4.69) is 18.2 Å². The molecule has 0 spiro atoms. The lowest BCUT2D eigenvalue weighted by molar-refractivity contribution is -0.146. The molecule has 12 heavy (non-hydrogen) atoms. The van der Waals surface area contributed by atoms with Gasteiger partial charge in [0.2, 0.25) is 0 Å². The van der Waals surface area contributed by atoms with Gasteiger partial charge in [-0.25, -0.2) is 0 Å². The second kappa shape index (κ2) is 5.81. The van der Waals surface area contributed by atoms with Gasteiger partial charge in [0.25, 0.3) is 0 Å². The van der Waals surface area contributed by atoms with E-state index < -0.39 is 0 Å². The molecule has 0 heterocycles. The maximum Gasteiger partial charge on any atom is 0.308 e. The van der Waals surface area contributed by atoms with E-state index >= 15 is 0 Å². The zero-order chi connectivity index (χ0) is 9.56. The number of ether oxygens (including phenoxy) is 1. The van der Waals surface area contributed by atoms with Crippen molar-refractivity contribution in [1.82, 2.24) is 0 Å². The molecule has 0 aromatic heterocycles. The van der Waals surface area contributed by atoms with Crippen LogP contribution in [0, 0.1) is 11.8 Å². The van der Waals surface area contributed by atoms with Crippen LogP contribution in [-0.2, 0) is 9.53 Å². The molecule has 2 unspecified atom stereocenters. The van der Waals surface area contributed by atoms with Crippen LogP contribution in [0.1, 0.15) is 26.7 Å². The summed E-state index contributed by atoms with van der Waals surface area (Å²) in [5.74, 6) is 0.0447. The average Bonchev–Trinajstić information content (AvgIpc) is 2.11. The molecule has 0 aromatic carbocycles. The highest BCUT2D eigenvalue weighted by molar-refractivity contribution is 5.72. The molecular formula is C10H18O2. The first-order valence-corrected chi connectivity index (χ1v) is 4.37. The molecule has 0 aromatic rings. The van der Waals surface area contributed by atoms with E-state index in [-0.39, 0.29) is 17.8 Å². The molecule has 0 aliphatic rings. The van der Waals surface area contributed by atoms with Crippen LogP contribution in [0.5, 0.6) is 0 Å². The van der Waals surface area contributed by atoms with Crippen molar-refractivity contribution < 1.29 is 9.53 Å². The summed E-state index contributed by atoms with van der Waals surface area (Å²) in [5.41, 5.74) is 0. The van der Waals surface area contributed by atoms with Crippen LogP contribution in [0.25, 0.3) is 0 Å². The Hall–Kier alpha value is -0.790. The lowest BCUT2D eigenvalue weighted by atomic mass is 9.90. The van der Waals surface area contributed by atoms with Crippen molar-refractivity contribution in [3.63, 3.8) is 0 Å². The third-order valence-corrected chi connectivity index (χ3v) is 2.14. The lowest BCUT2D eigenvalue weighted by Crippen LogP contribution is -2.20. The van der Waals surface area contributed by atoms with Crippen molar-refractivity contribution in [3.05, 3.63) is 12.7 Å². The Bertz CT molecular complexity index is 152. The van der Waals surface area contributed by atoms with Gasteiger partial charge in [0, 0.05) is 0 Å². The minimum atomic E-state index is -0.145. The predicted molar refractivity (Wildman–Crippen MR) is 49.8 cm³/mol. The zero-order valence-corrected chi connectivity index (χ0v) is 8.17. The van der Waals surface area contributed by atoms with Crippen LogP contribution in [0.4, 0.5) is 0 Å². The molecule has 0 N–H and O–H groups in total. The van der Waals surface area contributed by atoms with Crippen molar-refractivity contribution >= 4 is 5.97 Å². The summed E-state index contributed by atoms with van der Waals surface area (Å²) in [6.07, 6.45) is 3.91. The largest absolute Gasteiger partial charge is 0.469 e. The van der Waals surface area contributed by atoms with Gasteiger partial charge in [-0.1, -0.05) is 26.3 Å². The fourth-order valence-electron chi connectivity index (χ4n) is 1.27. The molecule has 0 saturated carbocycles. The SMILES string of the molecule is C=CC(CCC)C(C)C(=O)OC. The Morgan fingerprint density at radius 1 is 1.67 bits per heavy atom. The van der Waals surface area contributed by atoms with E-state index in [1.807, 2.05) is 13.0 Å². The summed E-state index contributed by atoms with van der Waals surface area (Å²) in [6.45, 7) is 7.69. The third-order valence-electron chi connectivity index (χ3n) is 2.14. The molecule has 0 aliphatic carbocycles. The number of carbonyl (C=O) groups is 1. The maximum absolute atomic E-state index is 11.1. The Labute approximate surface area is 74.6 Å². The van der Waals surface area contributed by atoms with Crippen molar-refractivity contribution in [2.45, 2.75) is 26.7 Å². The summed E-state index contributed by atoms with van der Waals surface area (Å²) in [5, 5.41) is 0. The van der Waals surface area contributed by atoms with Crippen LogP contribution in [0.3, 0.4) is 0 Å². The van der Waals surface area contributed by atoms with Gasteiger partial charge in [0.05, 0.1) is 13.0 Å². The molecule has 0 aliphatic heterocycles. The zero-order valence-electron chi connectivity index (χ0n) is 8.17. The predicted octanol–water partition coefficient (Wildman–Crippen LogP) is 2.40. The van der Waals surface area contributed by atoms with Gasteiger partial charge in [0.1, 0.15) is 0 Å². The average molecular weight is 170 g/mol. The summed E-state index contributed by atoms with van der Waals surface area (Å²) >= 11 is 0. The Morgan fingerprint density at radius 3 is 2.58 bits per heavy atom. The molecule has 2 heteroatoms. The lowest BCUT2D eigenvalue weighted by Gasteiger charge is -2.17. The van der Waals surface area contributed by atoms with Crippen LogP contribution in [0.2, 0.25) is 0 Å². The number of methoxy groups -OCH3 is 1. The van der Waals surface area contributed by atoms with E-state index in [0.717, 1.165) is 12.8 Å². The highest BCUT2D eigenvalue weighted by atomic mass is 16.5. The van der Waals surface area contributed by atoms with Crippen molar-refractivity contribution in [2.24, 2.45) is 11.8 Å².